The van der Waals surface area contributed by atoms with Gasteiger partial charge < -0.3 is 10.5 Å². The van der Waals surface area contributed by atoms with Crippen LogP contribution in [0.3, 0.4) is 0 Å². The minimum Gasteiger partial charge on any atom is -0.472 e. The van der Waals surface area contributed by atoms with E-state index in [1.165, 1.54) is 18.0 Å². The van der Waals surface area contributed by atoms with E-state index in [1.54, 1.807) is 6.08 Å². The number of rotatable bonds is 6. The van der Waals surface area contributed by atoms with Gasteiger partial charge in [0.15, 0.2) is 6.23 Å². The van der Waals surface area contributed by atoms with Crippen molar-refractivity contribution >= 4 is 17.5 Å². The molecule has 1 unspecified atom stereocenters. The van der Waals surface area contributed by atoms with E-state index in [4.69, 9.17) is 22.1 Å². The third kappa shape index (κ3) is 4.60. The highest BCUT2D eigenvalue weighted by atomic mass is 35.5. The standard InChI is InChI=1S/C14H20ClN3O3/c1-4-9(2)14(16)12(15)8-18(10(3)19)13-6-5-11(21-13)7-17-20/h5,8,13H,4,6-7,16H2,1-3H3/b12-8+,14-9?. The van der Waals surface area contributed by atoms with E-state index in [9.17, 15) is 9.70 Å². The van der Waals surface area contributed by atoms with Crippen LogP contribution in [0.25, 0.3) is 0 Å². The monoisotopic (exact) mass is 313 g/mol. The van der Waals surface area contributed by atoms with Crippen molar-refractivity contribution in [1.82, 2.24) is 4.90 Å². The summed E-state index contributed by atoms with van der Waals surface area (Å²) >= 11 is 6.16. The van der Waals surface area contributed by atoms with Crippen LogP contribution in [0, 0.1) is 4.91 Å². The van der Waals surface area contributed by atoms with Gasteiger partial charge >= 0.3 is 0 Å². The van der Waals surface area contributed by atoms with Gasteiger partial charge in [-0.1, -0.05) is 23.7 Å². The minimum atomic E-state index is -0.525. The van der Waals surface area contributed by atoms with Crippen LogP contribution in [0.4, 0.5) is 0 Å². The van der Waals surface area contributed by atoms with Crippen molar-refractivity contribution in [3.63, 3.8) is 0 Å². The highest BCUT2D eigenvalue weighted by Gasteiger charge is 2.26. The summed E-state index contributed by atoms with van der Waals surface area (Å²) in [7, 11) is 0. The third-order valence-corrected chi connectivity index (χ3v) is 3.53. The fraction of sp³-hybridized carbons (Fsp3) is 0.500. The van der Waals surface area contributed by atoms with E-state index < -0.39 is 6.23 Å². The molecule has 6 nitrogen and oxygen atoms in total. The van der Waals surface area contributed by atoms with Crippen molar-refractivity contribution in [3.8, 4) is 0 Å². The summed E-state index contributed by atoms with van der Waals surface area (Å²) in [6, 6.07) is 0. The minimum absolute atomic E-state index is 0.0450. The number of nitrogens with zero attached hydrogens (tertiary/aromatic N) is 2. The lowest BCUT2D eigenvalue weighted by Gasteiger charge is -2.25. The van der Waals surface area contributed by atoms with Gasteiger partial charge in [0, 0.05) is 19.5 Å². The van der Waals surface area contributed by atoms with Crippen LogP contribution in [0.2, 0.25) is 0 Å². The first-order valence-corrected chi connectivity index (χ1v) is 7.05. The van der Waals surface area contributed by atoms with E-state index >= 15 is 0 Å². The number of halogens is 1. The van der Waals surface area contributed by atoms with Crippen LogP contribution in [0.5, 0.6) is 0 Å². The average molecular weight is 314 g/mol. The molecule has 116 valence electrons. The van der Waals surface area contributed by atoms with Crippen LogP contribution in [0.15, 0.2) is 39.5 Å². The van der Waals surface area contributed by atoms with Crippen LogP contribution >= 0.6 is 11.6 Å². The quantitative estimate of drug-likeness (QED) is 0.603. The van der Waals surface area contributed by atoms with Gasteiger partial charge in [0.1, 0.15) is 12.3 Å². The van der Waals surface area contributed by atoms with Crippen molar-refractivity contribution in [1.29, 1.82) is 0 Å². The Morgan fingerprint density at radius 2 is 2.29 bits per heavy atom. The van der Waals surface area contributed by atoms with Crippen molar-refractivity contribution < 1.29 is 9.53 Å². The maximum atomic E-state index is 11.8. The molecule has 0 fully saturated rings. The first-order valence-electron chi connectivity index (χ1n) is 6.67. The van der Waals surface area contributed by atoms with Crippen LogP contribution in [-0.4, -0.2) is 23.6 Å². The Labute approximate surface area is 129 Å². The lowest BCUT2D eigenvalue weighted by atomic mass is 10.2. The van der Waals surface area contributed by atoms with Gasteiger partial charge in [0.2, 0.25) is 5.91 Å². The summed E-state index contributed by atoms with van der Waals surface area (Å²) < 4.78 is 5.51. The van der Waals surface area contributed by atoms with E-state index in [0.29, 0.717) is 17.9 Å². The largest absolute Gasteiger partial charge is 0.472 e. The Morgan fingerprint density at radius 1 is 1.62 bits per heavy atom. The molecule has 0 bridgehead atoms. The number of hydrogen-bond donors (Lipinski definition) is 1. The zero-order valence-corrected chi connectivity index (χ0v) is 13.2. The van der Waals surface area contributed by atoms with Crippen molar-refractivity contribution in [2.45, 2.75) is 39.8 Å². The highest BCUT2D eigenvalue weighted by Crippen LogP contribution is 2.24. The van der Waals surface area contributed by atoms with Gasteiger partial charge in [-0.2, -0.15) is 4.91 Å². The first kappa shape index (κ1) is 17.2. The molecule has 0 aromatic heterocycles. The Bertz CT molecular complexity index is 512. The SMILES string of the molecule is CCC(C)=C(N)/C(Cl)=C\N(C(C)=O)C1CC=C(CN=O)O1. The van der Waals surface area contributed by atoms with Gasteiger partial charge in [0.05, 0.1) is 10.7 Å². The summed E-state index contributed by atoms with van der Waals surface area (Å²) in [4.78, 5) is 23.4. The number of allylic oxidation sites excluding steroid dienone is 2. The number of nitroso groups, excluding NO2 is 1. The predicted molar refractivity (Wildman–Crippen MR) is 81.9 cm³/mol. The molecular formula is C14H20ClN3O3. The second kappa shape index (κ2) is 7.83. The molecule has 0 aromatic rings. The number of nitrogens with two attached hydrogens (primary N) is 1. The Balaban J connectivity index is 2.90. The molecular weight excluding hydrogens is 294 g/mol. The molecule has 1 aliphatic rings. The van der Waals surface area contributed by atoms with E-state index in [1.807, 2.05) is 13.8 Å². The van der Waals surface area contributed by atoms with E-state index in [-0.39, 0.29) is 17.5 Å². The Morgan fingerprint density at radius 3 is 2.81 bits per heavy atom. The number of carbonyl (C=O) groups excluding carboxylic acids is 1. The molecule has 0 radical (unpaired) electrons. The fourth-order valence-corrected chi connectivity index (χ4v) is 2.07. The van der Waals surface area contributed by atoms with Crippen molar-refractivity contribution in [2.24, 2.45) is 10.9 Å². The molecule has 0 aromatic carbocycles. The van der Waals surface area contributed by atoms with Gasteiger partial charge in [-0.15, -0.1) is 0 Å². The molecule has 7 heteroatoms. The zero-order valence-electron chi connectivity index (χ0n) is 12.4. The Hall–Kier alpha value is -1.82. The van der Waals surface area contributed by atoms with Gasteiger partial charge in [-0.25, -0.2) is 0 Å². The molecule has 0 saturated carbocycles. The number of carbonyl (C=O) groups is 1. The summed E-state index contributed by atoms with van der Waals surface area (Å²) in [6.45, 7) is 5.21. The first-order chi connectivity index (χ1) is 9.90. The van der Waals surface area contributed by atoms with E-state index in [0.717, 1.165) is 12.0 Å². The number of ether oxygens (including phenoxy) is 1. The molecule has 0 aliphatic carbocycles. The number of amides is 1. The van der Waals surface area contributed by atoms with Crippen LogP contribution in [0.1, 0.15) is 33.6 Å². The summed E-state index contributed by atoms with van der Waals surface area (Å²) in [5, 5.41) is 3.05. The predicted octanol–water partition coefficient (Wildman–Crippen LogP) is 2.95. The van der Waals surface area contributed by atoms with Crippen LogP contribution < -0.4 is 5.73 Å². The molecule has 1 amide bonds. The maximum Gasteiger partial charge on any atom is 0.226 e. The summed E-state index contributed by atoms with van der Waals surface area (Å²) in [6.07, 6.45) is 3.92. The fourth-order valence-electron chi connectivity index (χ4n) is 1.80. The Kier molecular flexibility index (Phi) is 6.42. The molecule has 21 heavy (non-hydrogen) atoms. The molecule has 1 atom stereocenters. The number of hydrogen-bond acceptors (Lipinski definition) is 5. The average Bonchev–Trinajstić information content (AvgIpc) is 2.91. The van der Waals surface area contributed by atoms with Gasteiger partial charge in [-0.3, -0.25) is 9.69 Å². The third-order valence-electron chi connectivity index (χ3n) is 3.23. The lowest BCUT2D eigenvalue weighted by molar-refractivity contribution is -0.134. The molecule has 1 heterocycles. The van der Waals surface area contributed by atoms with Gasteiger partial charge in [-0.05, 0) is 25.0 Å². The molecule has 2 N–H and O–H groups in total. The molecule has 1 rings (SSSR count). The zero-order chi connectivity index (χ0) is 16.0. The second-order valence-corrected chi connectivity index (χ2v) is 5.12. The normalized spacial score (nSPS) is 19.5. The topological polar surface area (TPSA) is 85.0 Å². The molecule has 1 aliphatic heterocycles. The van der Waals surface area contributed by atoms with Crippen LogP contribution in [-0.2, 0) is 9.53 Å². The van der Waals surface area contributed by atoms with Gasteiger partial charge in [0.25, 0.3) is 0 Å². The maximum absolute atomic E-state index is 11.8. The summed E-state index contributed by atoms with van der Waals surface area (Å²) in [5.41, 5.74) is 7.32. The second-order valence-electron chi connectivity index (χ2n) is 4.72. The lowest BCUT2D eigenvalue weighted by Crippen LogP contribution is -2.35. The van der Waals surface area contributed by atoms with Crippen molar-refractivity contribution in [3.05, 3.63) is 39.2 Å². The van der Waals surface area contributed by atoms with E-state index in [2.05, 4.69) is 5.18 Å². The van der Waals surface area contributed by atoms with Crippen molar-refractivity contribution in [2.75, 3.05) is 6.54 Å². The highest BCUT2D eigenvalue weighted by molar-refractivity contribution is 6.32. The molecule has 0 saturated heterocycles. The smallest absolute Gasteiger partial charge is 0.226 e. The summed E-state index contributed by atoms with van der Waals surface area (Å²) in [5.74, 6) is 0.229. The molecule has 0 spiro atoms.